The first kappa shape index (κ1) is 19.9. The van der Waals surface area contributed by atoms with Gasteiger partial charge in [-0.2, -0.15) is 0 Å². The number of carbonyl (C=O) groups is 2. The van der Waals surface area contributed by atoms with Crippen molar-refractivity contribution >= 4 is 34.2 Å². The van der Waals surface area contributed by atoms with E-state index in [0.29, 0.717) is 47.6 Å². The van der Waals surface area contributed by atoms with Crippen LogP contribution in [0.2, 0.25) is 0 Å². The van der Waals surface area contributed by atoms with Crippen LogP contribution in [0, 0.1) is 5.92 Å². The molecule has 9 nitrogen and oxygen atoms in total. The van der Waals surface area contributed by atoms with Crippen LogP contribution in [-0.4, -0.2) is 63.9 Å². The Kier molecular flexibility index (Phi) is 5.27. The van der Waals surface area contributed by atoms with Crippen LogP contribution in [0.5, 0.6) is 0 Å². The lowest BCUT2D eigenvalue weighted by molar-refractivity contribution is -0.132. The summed E-state index contributed by atoms with van der Waals surface area (Å²) in [6, 6.07) is 1.96. The molecule has 9 heteroatoms. The lowest BCUT2D eigenvalue weighted by Crippen LogP contribution is -2.38. The second kappa shape index (κ2) is 8.22. The largest absolute Gasteiger partial charge is 0.366 e. The molecule has 162 valence electrons. The van der Waals surface area contributed by atoms with Gasteiger partial charge in [-0.25, -0.2) is 15.0 Å². The smallest absolute Gasteiger partial charge is 0.251 e. The number of nitrogens with one attached hydrogen (secondary N) is 2. The monoisotopic (exact) mass is 421 g/mol. The van der Waals surface area contributed by atoms with Crippen molar-refractivity contribution in [2.45, 2.75) is 38.1 Å². The van der Waals surface area contributed by atoms with E-state index in [1.807, 2.05) is 11.0 Å². The van der Waals surface area contributed by atoms with Gasteiger partial charge in [0.05, 0.1) is 11.3 Å². The maximum atomic E-state index is 12.3. The van der Waals surface area contributed by atoms with E-state index in [0.717, 1.165) is 44.3 Å². The van der Waals surface area contributed by atoms with Crippen molar-refractivity contribution in [2.75, 3.05) is 31.5 Å². The third kappa shape index (κ3) is 4.10. The van der Waals surface area contributed by atoms with Crippen molar-refractivity contribution in [3.05, 3.63) is 29.7 Å². The fourth-order valence-electron chi connectivity index (χ4n) is 4.36. The van der Waals surface area contributed by atoms with Crippen LogP contribution in [0.3, 0.4) is 0 Å². The van der Waals surface area contributed by atoms with Gasteiger partial charge < -0.3 is 21.3 Å². The summed E-state index contributed by atoms with van der Waals surface area (Å²) in [4.78, 5) is 40.0. The summed E-state index contributed by atoms with van der Waals surface area (Å²) in [6.45, 7) is 3.10. The first-order chi connectivity index (χ1) is 15.1. The van der Waals surface area contributed by atoms with Gasteiger partial charge in [0.25, 0.3) is 5.91 Å². The fraction of sp³-hybridized carbons (Fsp3) is 0.500. The SMILES string of the molecule is NC(=O)c1cc(C2=CCN(C(=O)C3CC3)CC2)nc2c(N[C@H]3CCCNC3)ncnc12. The number of primary amides is 1. The molecule has 0 spiro atoms. The molecule has 5 rings (SSSR count). The number of nitrogens with zero attached hydrogens (tertiary/aromatic N) is 4. The van der Waals surface area contributed by atoms with E-state index in [1.165, 1.54) is 6.33 Å². The van der Waals surface area contributed by atoms with E-state index < -0.39 is 5.91 Å². The molecule has 1 saturated carbocycles. The van der Waals surface area contributed by atoms with Crippen LogP contribution in [0.15, 0.2) is 18.5 Å². The van der Waals surface area contributed by atoms with E-state index in [4.69, 9.17) is 10.7 Å². The lowest BCUT2D eigenvalue weighted by atomic mass is 10.0. The van der Waals surface area contributed by atoms with Crippen LogP contribution >= 0.6 is 0 Å². The van der Waals surface area contributed by atoms with Crippen LogP contribution in [0.25, 0.3) is 16.6 Å². The number of rotatable bonds is 5. The molecule has 1 atom stereocenters. The molecule has 0 bridgehead atoms. The number of carbonyl (C=O) groups excluding carboxylic acids is 2. The summed E-state index contributed by atoms with van der Waals surface area (Å²) >= 11 is 0. The summed E-state index contributed by atoms with van der Waals surface area (Å²) in [5.74, 6) is 0.542. The van der Waals surface area contributed by atoms with E-state index in [-0.39, 0.29) is 17.9 Å². The second-order valence-corrected chi connectivity index (χ2v) is 8.56. The molecule has 31 heavy (non-hydrogen) atoms. The minimum Gasteiger partial charge on any atom is -0.366 e. The van der Waals surface area contributed by atoms with Crippen molar-refractivity contribution in [1.29, 1.82) is 0 Å². The Balaban J connectivity index is 1.48. The Hall–Kier alpha value is -3.07. The average molecular weight is 422 g/mol. The van der Waals surface area contributed by atoms with Crippen molar-refractivity contribution in [3.8, 4) is 0 Å². The molecular weight excluding hydrogens is 394 g/mol. The predicted molar refractivity (Wildman–Crippen MR) is 117 cm³/mol. The van der Waals surface area contributed by atoms with Gasteiger partial charge in [-0.05, 0) is 50.3 Å². The number of amides is 2. The van der Waals surface area contributed by atoms with Crippen molar-refractivity contribution in [1.82, 2.24) is 25.2 Å². The third-order valence-electron chi connectivity index (χ3n) is 6.27. The molecule has 1 aliphatic carbocycles. The topological polar surface area (TPSA) is 126 Å². The van der Waals surface area contributed by atoms with E-state index in [2.05, 4.69) is 20.6 Å². The molecule has 2 aliphatic heterocycles. The first-order valence-corrected chi connectivity index (χ1v) is 11.0. The summed E-state index contributed by atoms with van der Waals surface area (Å²) in [5, 5.41) is 6.84. The zero-order chi connectivity index (χ0) is 21.4. The summed E-state index contributed by atoms with van der Waals surface area (Å²) in [7, 11) is 0. The number of hydrogen-bond donors (Lipinski definition) is 3. The average Bonchev–Trinajstić information content (AvgIpc) is 3.64. The zero-order valence-electron chi connectivity index (χ0n) is 17.4. The Morgan fingerprint density at radius 3 is 2.74 bits per heavy atom. The molecule has 2 aromatic rings. The lowest BCUT2D eigenvalue weighted by Gasteiger charge is -2.27. The van der Waals surface area contributed by atoms with E-state index in [9.17, 15) is 9.59 Å². The Morgan fingerprint density at radius 2 is 2.06 bits per heavy atom. The van der Waals surface area contributed by atoms with Gasteiger partial charge in [-0.3, -0.25) is 9.59 Å². The number of nitrogens with two attached hydrogens (primary N) is 1. The second-order valence-electron chi connectivity index (χ2n) is 8.56. The van der Waals surface area contributed by atoms with Crippen LogP contribution < -0.4 is 16.4 Å². The van der Waals surface area contributed by atoms with Crippen molar-refractivity contribution in [3.63, 3.8) is 0 Å². The van der Waals surface area contributed by atoms with E-state index >= 15 is 0 Å². The highest BCUT2D eigenvalue weighted by Crippen LogP contribution is 2.33. The van der Waals surface area contributed by atoms with Gasteiger partial charge in [0.15, 0.2) is 5.82 Å². The normalized spacial score (nSPS) is 21.6. The molecule has 2 fully saturated rings. The van der Waals surface area contributed by atoms with Crippen molar-refractivity contribution in [2.24, 2.45) is 11.7 Å². The molecular formula is C22H27N7O2. The number of anilines is 1. The Morgan fingerprint density at radius 1 is 1.19 bits per heavy atom. The first-order valence-electron chi connectivity index (χ1n) is 11.0. The molecule has 0 radical (unpaired) electrons. The molecule has 0 unspecified atom stereocenters. The van der Waals surface area contributed by atoms with Gasteiger partial charge in [-0.15, -0.1) is 0 Å². The Bertz CT molecular complexity index is 1060. The van der Waals surface area contributed by atoms with E-state index in [1.54, 1.807) is 6.07 Å². The molecule has 4 heterocycles. The van der Waals surface area contributed by atoms with Crippen LogP contribution in [-0.2, 0) is 4.79 Å². The molecule has 0 aromatic carbocycles. The number of fused-ring (bicyclic) bond motifs is 1. The predicted octanol–water partition coefficient (Wildman–Crippen LogP) is 1.31. The number of aromatic nitrogens is 3. The third-order valence-corrected chi connectivity index (χ3v) is 6.27. The van der Waals surface area contributed by atoms with Gasteiger partial charge in [-0.1, -0.05) is 6.08 Å². The zero-order valence-corrected chi connectivity index (χ0v) is 17.4. The highest BCUT2D eigenvalue weighted by molar-refractivity contribution is 6.06. The fourth-order valence-corrected chi connectivity index (χ4v) is 4.36. The summed E-state index contributed by atoms with van der Waals surface area (Å²) in [5.41, 5.74) is 8.74. The molecule has 2 aromatic heterocycles. The maximum absolute atomic E-state index is 12.3. The maximum Gasteiger partial charge on any atom is 0.251 e. The molecule has 1 saturated heterocycles. The van der Waals surface area contributed by atoms with Gasteiger partial charge in [0, 0.05) is 31.6 Å². The highest BCUT2D eigenvalue weighted by Gasteiger charge is 2.34. The van der Waals surface area contributed by atoms with Crippen LogP contribution in [0.4, 0.5) is 5.82 Å². The molecule has 2 amide bonds. The number of pyridine rings is 1. The quantitative estimate of drug-likeness (QED) is 0.664. The summed E-state index contributed by atoms with van der Waals surface area (Å²) in [6.07, 6.45) is 8.31. The Labute approximate surface area is 180 Å². The van der Waals surface area contributed by atoms with Crippen LogP contribution in [0.1, 0.15) is 48.2 Å². The minimum atomic E-state index is -0.542. The molecule has 4 N–H and O–H groups in total. The molecule has 3 aliphatic rings. The van der Waals surface area contributed by atoms with Gasteiger partial charge in [0.2, 0.25) is 5.91 Å². The number of hydrogen-bond acceptors (Lipinski definition) is 7. The summed E-state index contributed by atoms with van der Waals surface area (Å²) < 4.78 is 0. The van der Waals surface area contributed by atoms with Crippen molar-refractivity contribution < 1.29 is 9.59 Å². The highest BCUT2D eigenvalue weighted by atomic mass is 16.2. The van der Waals surface area contributed by atoms with Gasteiger partial charge in [0.1, 0.15) is 17.4 Å². The standard InChI is InChI=1S/C22H27N7O2/c23-20(30)16-10-17(13-5-8-29(9-6-13)22(31)14-3-4-14)28-19-18(16)25-12-26-21(19)27-15-2-1-7-24-11-15/h5,10,12,14-15,24H,1-4,6-9,11H2,(H2,23,30)(H,25,26,27)/t15-/m0/s1. The minimum absolute atomic E-state index is 0.218. The number of piperidine rings is 1. The van der Waals surface area contributed by atoms with Gasteiger partial charge >= 0.3 is 0 Å².